The summed E-state index contributed by atoms with van der Waals surface area (Å²) in [6, 6.07) is 14.7. The number of halogens is 1. The lowest BCUT2D eigenvalue weighted by Crippen LogP contribution is -2.26. The average molecular weight is 372 g/mol. The highest BCUT2D eigenvalue weighted by Crippen LogP contribution is 2.29. The van der Waals surface area contributed by atoms with Gasteiger partial charge < -0.3 is 10.4 Å². The smallest absolute Gasteiger partial charge is 0.325 e. The number of carboxylic acid groups (broad SMARTS) is 1. The third-order valence-electron chi connectivity index (χ3n) is 3.42. The van der Waals surface area contributed by atoms with Gasteiger partial charge in [-0.1, -0.05) is 46.3 Å². The Kier molecular flexibility index (Phi) is 4.25. The second kappa shape index (κ2) is 6.34. The number of anilines is 1. The van der Waals surface area contributed by atoms with Gasteiger partial charge >= 0.3 is 5.97 Å². The molecule has 1 heterocycles. The Morgan fingerprint density at radius 3 is 2.61 bits per heavy atom. The van der Waals surface area contributed by atoms with Gasteiger partial charge in [0.2, 0.25) is 5.95 Å². The number of fused-ring (bicyclic) bond motifs is 1. The minimum absolute atomic E-state index is 0.300. The van der Waals surface area contributed by atoms with Crippen LogP contribution in [0.5, 0.6) is 0 Å². The third-order valence-corrected chi connectivity index (χ3v) is 3.91. The Morgan fingerprint density at radius 2 is 1.91 bits per heavy atom. The van der Waals surface area contributed by atoms with E-state index in [1.807, 2.05) is 48.5 Å². The van der Waals surface area contributed by atoms with Crippen molar-refractivity contribution in [2.24, 2.45) is 0 Å². The van der Waals surface area contributed by atoms with E-state index in [2.05, 4.69) is 31.2 Å². The molecule has 3 aromatic rings. The van der Waals surface area contributed by atoms with E-state index >= 15 is 0 Å². The summed E-state index contributed by atoms with van der Waals surface area (Å²) in [6.45, 7) is 1.56. The summed E-state index contributed by atoms with van der Waals surface area (Å²) in [5.74, 6) is -0.653. The van der Waals surface area contributed by atoms with Crippen molar-refractivity contribution in [2.45, 2.75) is 13.0 Å². The molecule has 0 aliphatic heterocycles. The third kappa shape index (κ3) is 3.32. The molecule has 0 spiro atoms. The van der Waals surface area contributed by atoms with Crippen LogP contribution in [-0.4, -0.2) is 27.1 Å². The molecule has 0 radical (unpaired) electrons. The van der Waals surface area contributed by atoms with E-state index in [1.165, 1.54) is 0 Å². The van der Waals surface area contributed by atoms with Gasteiger partial charge in [-0.3, -0.25) is 4.79 Å². The molecule has 2 aromatic carbocycles. The largest absolute Gasteiger partial charge is 0.480 e. The summed E-state index contributed by atoms with van der Waals surface area (Å²) in [5, 5.41) is 12.8. The van der Waals surface area contributed by atoms with Crippen molar-refractivity contribution < 1.29 is 9.90 Å². The SMILES string of the molecule is C[C@@H](Nc1nc(-c2ccccc2)c2cc(Br)ccc2n1)C(=O)O. The summed E-state index contributed by atoms with van der Waals surface area (Å²) >= 11 is 3.47. The first-order valence-electron chi connectivity index (χ1n) is 7.06. The number of hydrogen-bond acceptors (Lipinski definition) is 4. The molecule has 0 saturated carbocycles. The van der Waals surface area contributed by atoms with E-state index < -0.39 is 12.0 Å². The molecule has 1 atom stereocenters. The number of hydrogen-bond donors (Lipinski definition) is 2. The van der Waals surface area contributed by atoms with E-state index in [1.54, 1.807) is 6.92 Å². The molecule has 1 aromatic heterocycles. The van der Waals surface area contributed by atoms with E-state index in [4.69, 9.17) is 5.11 Å². The first kappa shape index (κ1) is 15.4. The van der Waals surface area contributed by atoms with Gasteiger partial charge in [0.25, 0.3) is 0 Å². The van der Waals surface area contributed by atoms with Crippen LogP contribution in [0.1, 0.15) is 6.92 Å². The van der Waals surface area contributed by atoms with Crippen LogP contribution >= 0.6 is 15.9 Å². The first-order valence-corrected chi connectivity index (χ1v) is 7.86. The number of aliphatic carboxylic acids is 1. The first-order chi connectivity index (χ1) is 11.0. The van der Waals surface area contributed by atoms with Crippen molar-refractivity contribution >= 4 is 38.8 Å². The standard InChI is InChI=1S/C17H14BrN3O2/c1-10(16(22)23)19-17-20-14-8-7-12(18)9-13(14)15(21-17)11-5-3-2-4-6-11/h2-10H,1H3,(H,22,23)(H,19,20,21)/t10-/m1/s1. The molecule has 0 amide bonds. The molecule has 0 aliphatic carbocycles. The van der Waals surface area contributed by atoms with Gasteiger partial charge in [-0.25, -0.2) is 9.97 Å². The summed E-state index contributed by atoms with van der Waals surface area (Å²) in [4.78, 5) is 20.0. The molecule has 6 heteroatoms. The van der Waals surface area contributed by atoms with Crippen LogP contribution in [-0.2, 0) is 4.79 Å². The molecule has 2 N–H and O–H groups in total. The highest BCUT2D eigenvalue weighted by atomic mass is 79.9. The van der Waals surface area contributed by atoms with E-state index in [-0.39, 0.29) is 0 Å². The predicted molar refractivity (Wildman–Crippen MR) is 93.4 cm³/mol. The van der Waals surface area contributed by atoms with Gasteiger partial charge in [-0.15, -0.1) is 0 Å². The van der Waals surface area contributed by atoms with Gasteiger partial charge in [0.1, 0.15) is 6.04 Å². The number of benzene rings is 2. The van der Waals surface area contributed by atoms with Crippen LogP contribution in [0.3, 0.4) is 0 Å². The van der Waals surface area contributed by atoms with Crippen LogP contribution in [0.2, 0.25) is 0 Å². The minimum Gasteiger partial charge on any atom is -0.480 e. The summed E-state index contributed by atoms with van der Waals surface area (Å²) in [6.07, 6.45) is 0. The van der Waals surface area contributed by atoms with Crippen molar-refractivity contribution in [3.05, 3.63) is 53.0 Å². The monoisotopic (exact) mass is 371 g/mol. The van der Waals surface area contributed by atoms with Gasteiger partial charge in [0.15, 0.2) is 0 Å². The molecular weight excluding hydrogens is 358 g/mol. The second-order valence-electron chi connectivity index (χ2n) is 5.13. The summed E-state index contributed by atoms with van der Waals surface area (Å²) < 4.78 is 0.936. The highest BCUT2D eigenvalue weighted by Gasteiger charge is 2.15. The maximum Gasteiger partial charge on any atom is 0.325 e. The molecule has 3 rings (SSSR count). The lowest BCUT2D eigenvalue weighted by Gasteiger charge is -2.13. The minimum atomic E-state index is -0.953. The maximum absolute atomic E-state index is 11.0. The fraction of sp³-hybridized carbons (Fsp3) is 0.118. The Labute approximate surface area is 141 Å². The van der Waals surface area contributed by atoms with Crippen LogP contribution < -0.4 is 5.32 Å². The summed E-state index contributed by atoms with van der Waals surface area (Å²) in [7, 11) is 0. The van der Waals surface area contributed by atoms with Crippen molar-refractivity contribution in [1.29, 1.82) is 0 Å². The van der Waals surface area contributed by atoms with E-state index in [0.717, 1.165) is 26.6 Å². The van der Waals surface area contributed by atoms with Crippen LogP contribution in [0.4, 0.5) is 5.95 Å². The zero-order chi connectivity index (χ0) is 16.4. The van der Waals surface area contributed by atoms with Crippen LogP contribution in [0.25, 0.3) is 22.2 Å². The van der Waals surface area contributed by atoms with Gasteiger partial charge in [0.05, 0.1) is 11.2 Å². The van der Waals surface area contributed by atoms with Crippen LogP contribution in [0.15, 0.2) is 53.0 Å². The molecule has 5 nitrogen and oxygen atoms in total. The Morgan fingerprint density at radius 1 is 1.17 bits per heavy atom. The van der Waals surface area contributed by atoms with Crippen molar-refractivity contribution in [3.8, 4) is 11.3 Å². The molecule has 0 aliphatic rings. The Hall–Kier alpha value is -2.47. The average Bonchev–Trinajstić information content (AvgIpc) is 2.55. The quantitative estimate of drug-likeness (QED) is 0.726. The summed E-state index contributed by atoms with van der Waals surface area (Å²) in [5.41, 5.74) is 2.46. The van der Waals surface area contributed by atoms with Gasteiger partial charge in [0, 0.05) is 15.4 Å². The molecule has 0 fully saturated rings. The fourth-order valence-corrected chi connectivity index (χ4v) is 2.60. The lowest BCUT2D eigenvalue weighted by molar-refractivity contribution is -0.137. The number of rotatable bonds is 4. The number of aromatic nitrogens is 2. The highest BCUT2D eigenvalue weighted by molar-refractivity contribution is 9.10. The van der Waals surface area contributed by atoms with Crippen LogP contribution in [0, 0.1) is 0 Å². The number of nitrogens with one attached hydrogen (secondary N) is 1. The number of carbonyl (C=O) groups is 1. The van der Waals surface area contributed by atoms with E-state index in [9.17, 15) is 4.79 Å². The van der Waals surface area contributed by atoms with Crippen molar-refractivity contribution in [3.63, 3.8) is 0 Å². The molecule has 116 valence electrons. The topological polar surface area (TPSA) is 75.1 Å². The van der Waals surface area contributed by atoms with E-state index in [0.29, 0.717) is 5.95 Å². The molecule has 23 heavy (non-hydrogen) atoms. The lowest BCUT2D eigenvalue weighted by atomic mass is 10.1. The Bertz CT molecular complexity index is 868. The zero-order valence-electron chi connectivity index (χ0n) is 12.3. The van der Waals surface area contributed by atoms with Crippen molar-refractivity contribution in [2.75, 3.05) is 5.32 Å². The normalized spacial score (nSPS) is 12.1. The Balaban J connectivity index is 2.18. The van der Waals surface area contributed by atoms with Crippen molar-refractivity contribution in [1.82, 2.24) is 9.97 Å². The molecule has 0 unspecified atom stereocenters. The fourth-order valence-electron chi connectivity index (χ4n) is 2.24. The number of carboxylic acids is 1. The van der Waals surface area contributed by atoms with Gasteiger partial charge in [-0.05, 0) is 25.1 Å². The maximum atomic E-state index is 11.0. The van der Waals surface area contributed by atoms with Gasteiger partial charge in [-0.2, -0.15) is 0 Å². The molecule has 0 bridgehead atoms. The second-order valence-corrected chi connectivity index (χ2v) is 6.04. The molecule has 0 saturated heterocycles. The zero-order valence-corrected chi connectivity index (χ0v) is 13.9. The molecular formula is C17H14BrN3O2. The number of nitrogens with zero attached hydrogens (tertiary/aromatic N) is 2. The predicted octanol–water partition coefficient (Wildman–Crippen LogP) is 3.94.